The van der Waals surface area contributed by atoms with E-state index in [1.165, 1.54) is 13.2 Å². The number of benzene rings is 4. The normalized spacial score (nSPS) is 11.1. The van der Waals surface area contributed by atoms with Crippen LogP contribution < -0.4 is 20.1 Å². The second-order valence-electron chi connectivity index (χ2n) is 8.74. The summed E-state index contributed by atoms with van der Waals surface area (Å²) in [7, 11) is 3.09. The van der Waals surface area contributed by atoms with Gasteiger partial charge in [-0.2, -0.15) is 0 Å². The molecule has 0 aliphatic heterocycles. The van der Waals surface area contributed by atoms with Crippen molar-refractivity contribution in [3.8, 4) is 11.5 Å². The molecule has 0 aromatic heterocycles. The molecule has 2 N–H and O–H groups in total. The lowest BCUT2D eigenvalue weighted by Crippen LogP contribution is -2.30. The van der Waals surface area contributed by atoms with E-state index < -0.39 is 11.8 Å². The van der Waals surface area contributed by atoms with E-state index in [0.717, 1.165) is 10.0 Å². The van der Waals surface area contributed by atoms with Gasteiger partial charge in [0.2, 0.25) is 0 Å². The Kier molecular flexibility index (Phi) is 9.85. The summed E-state index contributed by atoms with van der Waals surface area (Å²) in [5, 5.41) is 5.50. The first-order valence-corrected chi connectivity index (χ1v) is 13.4. The summed E-state index contributed by atoms with van der Waals surface area (Å²) in [5.41, 5.74) is 2.81. The third-order valence-corrected chi connectivity index (χ3v) is 6.51. The molecule has 4 aromatic carbocycles. The maximum Gasteiger partial charge on any atom is 0.272 e. The van der Waals surface area contributed by atoms with E-state index >= 15 is 0 Å². The largest absolute Gasteiger partial charge is 0.493 e. The van der Waals surface area contributed by atoms with E-state index in [1.807, 2.05) is 42.5 Å². The Morgan fingerprint density at radius 2 is 1.46 bits per heavy atom. The van der Waals surface area contributed by atoms with Crippen molar-refractivity contribution >= 4 is 51.4 Å². The highest BCUT2D eigenvalue weighted by Gasteiger charge is 2.15. The number of ketones is 1. The number of para-hydroxylation sites is 1. The number of halogens is 1. The van der Waals surface area contributed by atoms with Crippen LogP contribution in [0.2, 0.25) is 0 Å². The number of hydrogen-bond donors (Lipinski definition) is 2. The molecule has 0 spiro atoms. The molecule has 7 nitrogen and oxygen atoms in total. The van der Waals surface area contributed by atoms with Gasteiger partial charge in [-0.15, -0.1) is 0 Å². The SMILES string of the molecule is COc1cccc(/C=C/C(=O)c2ccc(NC(=O)/C(=C/c3ccc(Br)cc3)NC(=O)c3ccccc3)cc2)c1OC. The number of carbonyl (C=O) groups is 3. The molecule has 0 radical (unpaired) electrons. The first kappa shape index (κ1) is 29.0. The van der Waals surface area contributed by atoms with Crippen LogP contribution in [-0.4, -0.2) is 31.8 Å². The fourth-order valence-electron chi connectivity index (χ4n) is 3.89. The molecule has 0 unspecified atom stereocenters. The number of carbonyl (C=O) groups excluding carboxylic acids is 3. The zero-order chi connectivity index (χ0) is 29.2. The predicted molar refractivity (Wildman–Crippen MR) is 164 cm³/mol. The number of allylic oxidation sites excluding steroid dienone is 1. The van der Waals surface area contributed by atoms with Gasteiger partial charge < -0.3 is 20.1 Å². The van der Waals surface area contributed by atoms with Gasteiger partial charge in [0, 0.05) is 26.9 Å². The van der Waals surface area contributed by atoms with Crippen molar-refractivity contribution in [2.24, 2.45) is 0 Å². The van der Waals surface area contributed by atoms with Crippen LogP contribution in [0.15, 0.2) is 113 Å². The van der Waals surface area contributed by atoms with E-state index in [1.54, 1.807) is 73.9 Å². The summed E-state index contributed by atoms with van der Waals surface area (Å²) in [6.07, 6.45) is 4.70. The number of amides is 2. The van der Waals surface area contributed by atoms with Crippen LogP contribution in [-0.2, 0) is 4.79 Å². The topological polar surface area (TPSA) is 93.7 Å². The summed E-state index contributed by atoms with van der Waals surface area (Å²) in [4.78, 5) is 38.8. The molecule has 0 fully saturated rings. The van der Waals surface area contributed by atoms with E-state index in [2.05, 4.69) is 26.6 Å². The Morgan fingerprint density at radius 1 is 0.756 bits per heavy atom. The predicted octanol–water partition coefficient (Wildman–Crippen LogP) is 6.77. The molecule has 0 bridgehead atoms. The lowest BCUT2D eigenvalue weighted by atomic mass is 10.1. The Hall–Kier alpha value is -4.95. The average molecular weight is 611 g/mol. The minimum absolute atomic E-state index is 0.0662. The molecule has 206 valence electrons. The van der Waals surface area contributed by atoms with Crippen molar-refractivity contribution < 1.29 is 23.9 Å². The van der Waals surface area contributed by atoms with Gasteiger partial charge in [-0.1, -0.05) is 58.4 Å². The average Bonchev–Trinajstić information content (AvgIpc) is 3.01. The molecule has 4 rings (SSSR count). The van der Waals surface area contributed by atoms with Crippen LogP contribution in [0.25, 0.3) is 12.2 Å². The minimum atomic E-state index is -0.513. The van der Waals surface area contributed by atoms with E-state index in [4.69, 9.17) is 9.47 Å². The molecule has 0 saturated carbocycles. The number of methoxy groups -OCH3 is 2. The minimum Gasteiger partial charge on any atom is -0.493 e. The molecule has 0 heterocycles. The van der Waals surface area contributed by atoms with E-state index in [-0.39, 0.29) is 11.5 Å². The summed E-state index contributed by atoms with van der Waals surface area (Å²) in [5.74, 6) is -0.0522. The van der Waals surface area contributed by atoms with Crippen molar-refractivity contribution in [3.63, 3.8) is 0 Å². The van der Waals surface area contributed by atoms with Gasteiger partial charge in [0.05, 0.1) is 14.2 Å². The van der Waals surface area contributed by atoms with Crippen molar-refractivity contribution in [1.82, 2.24) is 5.32 Å². The smallest absolute Gasteiger partial charge is 0.272 e. The van der Waals surface area contributed by atoms with Gasteiger partial charge in [0.25, 0.3) is 11.8 Å². The molecular formula is C33H27BrN2O5. The van der Waals surface area contributed by atoms with Crippen LogP contribution in [0.5, 0.6) is 11.5 Å². The molecule has 8 heteroatoms. The Morgan fingerprint density at radius 3 is 2.12 bits per heavy atom. The molecule has 0 atom stereocenters. The van der Waals surface area contributed by atoms with Crippen molar-refractivity contribution in [3.05, 3.63) is 136 Å². The van der Waals surface area contributed by atoms with Gasteiger partial charge in [-0.25, -0.2) is 0 Å². The zero-order valence-corrected chi connectivity index (χ0v) is 24.0. The van der Waals surface area contributed by atoms with Crippen LogP contribution >= 0.6 is 15.9 Å². The van der Waals surface area contributed by atoms with Crippen LogP contribution in [0.1, 0.15) is 31.8 Å². The fraction of sp³-hybridized carbons (Fsp3) is 0.0606. The van der Waals surface area contributed by atoms with Crippen molar-refractivity contribution in [1.29, 1.82) is 0 Å². The van der Waals surface area contributed by atoms with Gasteiger partial charge in [0.15, 0.2) is 17.3 Å². The standard InChI is InChI=1S/C33H27BrN2O5/c1-40-30-10-6-9-24(31(30)41-2)15-20-29(37)23-13-18-27(19-14-23)35-33(39)28(21-22-11-16-26(34)17-12-22)36-32(38)25-7-4-3-5-8-25/h3-21H,1-2H3,(H,35,39)(H,36,38)/b20-15+,28-21-. The molecule has 4 aromatic rings. The quantitative estimate of drug-likeness (QED) is 0.153. The fourth-order valence-corrected chi connectivity index (χ4v) is 4.15. The highest BCUT2D eigenvalue weighted by atomic mass is 79.9. The molecule has 41 heavy (non-hydrogen) atoms. The van der Waals surface area contributed by atoms with Gasteiger partial charge >= 0.3 is 0 Å². The Labute approximate surface area is 246 Å². The third-order valence-electron chi connectivity index (χ3n) is 5.98. The third kappa shape index (κ3) is 7.80. The maximum absolute atomic E-state index is 13.2. The summed E-state index contributed by atoms with van der Waals surface area (Å²) in [6.45, 7) is 0. The first-order valence-electron chi connectivity index (χ1n) is 12.6. The van der Waals surface area contributed by atoms with Crippen molar-refractivity contribution in [2.45, 2.75) is 0 Å². The van der Waals surface area contributed by atoms with Gasteiger partial charge in [-0.3, -0.25) is 14.4 Å². The highest BCUT2D eigenvalue weighted by molar-refractivity contribution is 9.10. The van der Waals surface area contributed by atoms with Crippen LogP contribution in [0.3, 0.4) is 0 Å². The number of nitrogens with one attached hydrogen (secondary N) is 2. The second kappa shape index (κ2) is 13.9. The van der Waals surface area contributed by atoms with Crippen LogP contribution in [0, 0.1) is 0 Å². The molecule has 2 amide bonds. The lowest BCUT2D eigenvalue weighted by molar-refractivity contribution is -0.113. The molecule has 0 aliphatic rings. The highest BCUT2D eigenvalue weighted by Crippen LogP contribution is 2.31. The number of rotatable bonds is 10. The second-order valence-corrected chi connectivity index (χ2v) is 9.66. The van der Waals surface area contributed by atoms with Crippen LogP contribution in [0.4, 0.5) is 5.69 Å². The van der Waals surface area contributed by atoms with Gasteiger partial charge in [-0.05, 0) is 78.4 Å². The van der Waals surface area contributed by atoms with Crippen molar-refractivity contribution in [2.75, 3.05) is 19.5 Å². The molecular weight excluding hydrogens is 584 g/mol. The van der Waals surface area contributed by atoms with E-state index in [0.29, 0.717) is 33.9 Å². The summed E-state index contributed by atoms with van der Waals surface area (Å²) in [6, 6.07) is 27.9. The van der Waals surface area contributed by atoms with Gasteiger partial charge in [0.1, 0.15) is 5.70 Å². The first-order chi connectivity index (χ1) is 19.9. The zero-order valence-electron chi connectivity index (χ0n) is 22.4. The Balaban J connectivity index is 1.49. The maximum atomic E-state index is 13.2. The lowest BCUT2D eigenvalue weighted by Gasteiger charge is -2.12. The molecule has 0 saturated heterocycles. The number of ether oxygens (including phenoxy) is 2. The molecule has 0 aliphatic carbocycles. The summed E-state index contributed by atoms with van der Waals surface area (Å²) < 4.78 is 11.6. The number of hydrogen-bond acceptors (Lipinski definition) is 5. The Bertz CT molecular complexity index is 1600. The van der Waals surface area contributed by atoms with E-state index in [9.17, 15) is 14.4 Å². The number of anilines is 1. The monoisotopic (exact) mass is 610 g/mol. The summed E-state index contributed by atoms with van der Waals surface area (Å²) >= 11 is 3.40.